The van der Waals surface area contributed by atoms with Gasteiger partial charge in [0.15, 0.2) is 0 Å². The maximum absolute atomic E-state index is 13.7. The summed E-state index contributed by atoms with van der Waals surface area (Å²) in [5, 5.41) is 0. The van der Waals surface area contributed by atoms with Crippen LogP contribution < -0.4 is 0 Å². The molecule has 0 N–H and O–H groups in total. The maximum atomic E-state index is 13.7. The van der Waals surface area contributed by atoms with Crippen LogP contribution in [0.3, 0.4) is 0 Å². The third-order valence-corrected chi connectivity index (χ3v) is 3.43. The van der Waals surface area contributed by atoms with Gasteiger partial charge in [0.2, 0.25) is 0 Å². The van der Waals surface area contributed by atoms with Crippen molar-refractivity contribution in [1.82, 2.24) is 0 Å². The highest BCUT2D eigenvalue weighted by Crippen LogP contribution is 2.42. The predicted octanol–water partition coefficient (Wildman–Crippen LogP) is 5.84. The molecular weight excluding hydrogens is 285 g/mol. The second-order valence-corrected chi connectivity index (χ2v) is 4.87. The summed E-state index contributed by atoms with van der Waals surface area (Å²) in [6.45, 7) is 0. The van der Waals surface area contributed by atoms with Crippen molar-refractivity contribution in [2.24, 2.45) is 0 Å². The van der Waals surface area contributed by atoms with Crippen LogP contribution in [0.4, 0.5) is 13.2 Å². The molecule has 0 aliphatic rings. The van der Waals surface area contributed by atoms with E-state index >= 15 is 0 Å². The molecule has 0 aliphatic heterocycles. The Hall–Kier alpha value is -2.55. The van der Waals surface area contributed by atoms with Crippen molar-refractivity contribution in [1.29, 1.82) is 0 Å². The zero-order valence-corrected chi connectivity index (χ0v) is 11.6. The van der Waals surface area contributed by atoms with E-state index in [0.717, 1.165) is 0 Å². The van der Waals surface area contributed by atoms with Crippen molar-refractivity contribution in [3.63, 3.8) is 0 Å². The molecule has 1 radical (unpaired) electrons. The van der Waals surface area contributed by atoms with E-state index in [9.17, 15) is 13.2 Å². The first-order valence-electron chi connectivity index (χ1n) is 6.80. The summed E-state index contributed by atoms with van der Waals surface area (Å²) in [6.07, 6.45) is -4.45. The molecule has 3 aromatic carbocycles. The van der Waals surface area contributed by atoms with Gasteiger partial charge in [0.1, 0.15) is 0 Å². The smallest absolute Gasteiger partial charge is 0.166 e. The molecular formula is C19H12F3. The van der Waals surface area contributed by atoms with Gasteiger partial charge < -0.3 is 0 Å². The zero-order valence-electron chi connectivity index (χ0n) is 11.6. The lowest BCUT2D eigenvalue weighted by atomic mass is 9.91. The van der Waals surface area contributed by atoms with Crippen LogP contribution in [0.1, 0.15) is 5.56 Å². The highest BCUT2D eigenvalue weighted by molar-refractivity contribution is 5.79. The fourth-order valence-electron chi connectivity index (χ4n) is 2.48. The minimum atomic E-state index is -4.45. The molecule has 0 saturated heterocycles. The van der Waals surface area contributed by atoms with Crippen molar-refractivity contribution in [3.05, 3.63) is 84.4 Å². The second kappa shape index (κ2) is 5.68. The normalized spacial score (nSPS) is 11.4. The van der Waals surface area contributed by atoms with Gasteiger partial charge in [0, 0.05) is 5.56 Å². The Labute approximate surface area is 126 Å². The Morgan fingerprint density at radius 1 is 0.682 bits per heavy atom. The van der Waals surface area contributed by atoms with E-state index in [-0.39, 0.29) is 11.1 Å². The highest BCUT2D eigenvalue weighted by atomic mass is 19.4. The van der Waals surface area contributed by atoms with E-state index in [4.69, 9.17) is 0 Å². The molecule has 0 fully saturated rings. The molecule has 0 aliphatic carbocycles. The molecule has 0 atom stereocenters. The number of halogens is 3. The number of hydrogen-bond donors (Lipinski definition) is 0. The predicted molar refractivity (Wildman–Crippen MR) is 81.2 cm³/mol. The van der Waals surface area contributed by atoms with Gasteiger partial charge in [0.05, 0.1) is 5.56 Å². The topological polar surface area (TPSA) is 0 Å². The summed E-state index contributed by atoms with van der Waals surface area (Å²) in [4.78, 5) is 0. The van der Waals surface area contributed by atoms with E-state index in [2.05, 4.69) is 6.07 Å². The average Bonchev–Trinajstić information content (AvgIpc) is 2.55. The molecule has 3 rings (SSSR count). The SMILES string of the molecule is FC(F)(F)c1c(-c2ccccc2)[c]ccc1-c1ccccc1. The Bertz CT molecular complexity index is 702. The van der Waals surface area contributed by atoms with Crippen LogP contribution in [0.2, 0.25) is 0 Å². The number of benzene rings is 3. The van der Waals surface area contributed by atoms with E-state index in [1.165, 1.54) is 6.07 Å². The molecule has 109 valence electrons. The monoisotopic (exact) mass is 297 g/mol. The van der Waals surface area contributed by atoms with Crippen molar-refractivity contribution < 1.29 is 13.2 Å². The van der Waals surface area contributed by atoms with E-state index in [1.807, 2.05) is 0 Å². The molecule has 0 heterocycles. The van der Waals surface area contributed by atoms with Crippen molar-refractivity contribution >= 4 is 0 Å². The Morgan fingerprint density at radius 3 is 1.77 bits per heavy atom. The fourth-order valence-corrected chi connectivity index (χ4v) is 2.48. The van der Waals surface area contributed by atoms with E-state index in [0.29, 0.717) is 11.1 Å². The summed E-state index contributed by atoms with van der Waals surface area (Å²) in [7, 11) is 0. The molecule has 0 aromatic heterocycles. The minimum absolute atomic E-state index is 0.0782. The van der Waals surface area contributed by atoms with Crippen LogP contribution in [-0.4, -0.2) is 0 Å². The third-order valence-electron chi connectivity index (χ3n) is 3.43. The standard InChI is InChI=1S/C19H12F3/c20-19(21,22)18-16(14-8-3-1-4-9-14)12-7-13-17(18)15-10-5-2-6-11-15/h1-12H. The molecule has 0 bridgehead atoms. The summed E-state index contributed by atoms with van der Waals surface area (Å²) < 4.78 is 41.0. The molecule has 22 heavy (non-hydrogen) atoms. The first-order chi connectivity index (χ1) is 10.6. The van der Waals surface area contributed by atoms with Gasteiger partial charge in [-0.2, -0.15) is 13.2 Å². The van der Waals surface area contributed by atoms with Crippen LogP contribution in [0.25, 0.3) is 22.3 Å². The molecule has 0 nitrogen and oxygen atoms in total. The maximum Gasteiger partial charge on any atom is 0.417 e. The van der Waals surface area contributed by atoms with Crippen molar-refractivity contribution in [2.45, 2.75) is 6.18 Å². The van der Waals surface area contributed by atoms with Crippen LogP contribution in [0.15, 0.2) is 72.8 Å². The lowest BCUT2D eigenvalue weighted by Gasteiger charge is -2.17. The molecule has 0 unspecified atom stereocenters. The van der Waals surface area contributed by atoms with Crippen LogP contribution in [0, 0.1) is 6.07 Å². The average molecular weight is 297 g/mol. The fraction of sp³-hybridized carbons (Fsp3) is 0.0526. The van der Waals surface area contributed by atoms with Gasteiger partial charge >= 0.3 is 6.18 Å². The highest BCUT2D eigenvalue weighted by Gasteiger charge is 2.36. The second-order valence-electron chi connectivity index (χ2n) is 4.87. The van der Waals surface area contributed by atoms with Crippen LogP contribution in [0.5, 0.6) is 0 Å². The Balaban J connectivity index is 2.29. The van der Waals surface area contributed by atoms with Gasteiger partial charge in [-0.25, -0.2) is 0 Å². The number of hydrogen-bond acceptors (Lipinski definition) is 0. The molecule has 0 saturated carbocycles. The largest absolute Gasteiger partial charge is 0.417 e. The molecule has 3 aromatic rings. The quantitative estimate of drug-likeness (QED) is 0.557. The van der Waals surface area contributed by atoms with Gasteiger partial charge in [-0.1, -0.05) is 72.8 Å². The summed E-state index contributed by atoms with van der Waals surface area (Å²) in [6, 6.07) is 22.9. The van der Waals surface area contributed by atoms with Crippen LogP contribution in [-0.2, 0) is 6.18 Å². The van der Waals surface area contributed by atoms with Gasteiger partial charge in [-0.15, -0.1) is 0 Å². The first kappa shape index (κ1) is 14.4. The Kier molecular flexibility index (Phi) is 3.72. The summed E-state index contributed by atoms with van der Waals surface area (Å²) in [5.41, 5.74) is 0.654. The summed E-state index contributed by atoms with van der Waals surface area (Å²) in [5.74, 6) is 0. The molecule has 0 spiro atoms. The van der Waals surface area contributed by atoms with E-state index in [1.54, 1.807) is 66.7 Å². The minimum Gasteiger partial charge on any atom is -0.166 e. The van der Waals surface area contributed by atoms with Crippen LogP contribution >= 0.6 is 0 Å². The molecule has 0 amide bonds. The molecule has 3 heteroatoms. The third kappa shape index (κ3) is 2.75. The number of rotatable bonds is 2. The van der Waals surface area contributed by atoms with Crippen molar-refractivity contribution in [3.8, 4) is 22.3 Å². The van der Waals surface area contributed by atoms with Gasteiger partial charge in [-0.05, 0) is 22.8 Å². The lowest BCUT2D eigenvalue weighted by Crippen LogP contribution is -2.09. The van der Waals surface area contributed by atoms with Gasteiger partial charge in [0.25, 0.3) is 0 Å². The lowest BCUT2D eigenvalue weighted by molar-refractivity contribution is -0.136. The zero-order chi connectivity index (χ0) is 15.6. The number of alkyl halides is 3. The summed E-state index contributed by atoms with van der Waals surface area (Å²) >= 11 is 0. The first-order valence-corrected chi connectivity index (χ1v) is 6.80. The van der Waals surface area contributed by atoms with Gasteiger partial charge in [-0.3, -0.25) is 0 Å². The Morgan fingerprint density at radius 2 is 1.23 bits per heavy atom. The van der Waals surface area contributed by atoms with E-state index < -0.39 is 11.7 Å². The van der Waals surface area contributed by atoms with Crippen molar-refractivity contribution in [2.75, 3.05) is 0 Å².